The van der Waals surface area contributed by atoms with E-state index in [1.807, 2.05) is 13.8 Å². The minimum atomic E-state index is -1.07. The minimum Gasteiger partial charge on any atom is -0.479 e. The summed E-state index contributed by atoms with van der Waals surface area (Å²) in [4.78, 5) is 11.8. The monoisotopic (exact) mass is 454 g/mol. The third-order valence-electron chi connectivity index (χ3n) is 4.59. The third-order valence-corrected chi connectivity index (χ3v) is 4.59. The van der Waals surface area contributed by atoms with Crippen molar-refractivity contribution in [3.63, 3.8) is 0 Å². The highest BCUT2D eigenvalue weighted by Gasteiger charge is 2.49. The molecule has 0 aromatic heterocycles. The number of ether oxygens (including phenoxy) is 6. The first-order chi connectivity index (χ1) is 15.4. The van der Waals surface area contributed by atoms with E-state index in [4.69, 9.17) is 28.4 Å². The summed E-state index contributed by atoms with van der Waals surface area (Å²) in [6.45, 7) is 19.8. The van der Waals surface area contributed by atoms with Crippen LogP contribution in [0, 0.1) is 5.92 Å². The zero-order chi connectivity index (χ0) is 23.9. The molecule has 6 atom stereocenters. The maximum Gasteiger partial charge on any atom is 0.332 e. The molecule has 1 fully saturated rings. The summed E-state index contributed by atoms with van der Waals surface area (Å²) in [7, 11) is 0. The molecule has 2 unspecified atom stereocenters. The van der Waals surface area contributed by atoms with E-state index in [2.05, 4.69) is 26.3 Å². The highest BCUT2D eigenvalue weighted by molar-refractivity contribution is 5.72. The molecule has 0 aromatic carbocycles. The van der Waals surface area contributed by atoms with Crippen molar-refractivity contribution in [1.82, 2.24) is 0 Å². The van der Waals surface area contributed by atoms with Gasteiger partial charge in [-0.15, -0.1) is 26.3 Å². The van der Waals surface area contributed by atoms with Gasteiger partial charge in [0, 0.05) is 0 Å². The van der Waals surface area contributed by atoms with Crippen LogP contribution in [-0.2, 0) is 33.2 Å². The molecule has 0 saturated carbocycles. The van der Waals surface area contributed by atoms with E-state index in [0.29, 0.717) is 13.0 Å². The molecule has 0 bridgehead atoms. The molecule has 32 heavy (non-hydrogen) atoms. The fourth-order valence-electron chi connectivity index (χ4n) is 3.30. The number of aliphatic carboxylic acids is 1. The molecule has 182 valence electrons. The van der Waals surface area contributed by atoms with Crippen LogP contribution in [0.4, 0.5) is 0 Å². The average Bonchev–Trinajstić information content (AvgIpc) is 2.75. The Bertz CT molecular complexity index is 591. The molecular formula is C24H38O8. The van der Waals surface area contributed by atoms with E-state index in [-0.39, 0.29) is 32.3 Å². The Labute approximate surface area is 191 Å². The number of hydrogen-bond donors (Lipinski definition) is 1. The topological polar surface area (TPSA) is 92.7 Å². The number of hydrogen-bond acceptors (Lipinski definition) is 7. The zero-order valence-electron chi connectivity index (χ0n) is 19.2. The summed E-state index contributed by atoms with van der Waals surface area (Å²) in [5.41, 5.74) is 0. The SMILES string of the molecule is C=CCOC[C@H]1OC(O[C@@H](CC(C)C)C(=O)O)C(OCC=C)[C@@H](OCC=C)[C@@H]1OCC=C. The number of carbonyl (C=O) groups is 1. The highest BCUT2D eigenvalue weighted by Crippen LogP contribution is 2.31. The van der Waals surface area contributed by atoms with Crippen molar-refractivity contribution in [2.24, 2.45) is 5.92 Å². The van der Waals surface area contributed by atoms with Crippen LogP contribution in [0.3, 0.4) is 0 Å². The number of rotatable bonds is 18. The van der Waals surface area contributed by atoms with E-state index < -0.39 is 42.8 Å². The van der Waals surface area contributed by atoms with Crippen LogP contribution >= 0.6 is 0 Å². The lowest BCUT2D eigenvalue weighted by molar-refractivity contribution is -0.327. The lowest BCUT2D eigenvalue weighted by Gasteiger charge is -2.46. The summed E-state index contributed by atoms with van der Waals surface area (Å²) in [6.07, 6.45) is 2.07. The van der Waals surface area contributed by atoms with Crippen LogP contribution in [0.2, 0.25) is 0 Å². The third kappa shape index (κ3) is 9.36. The van der Waals surface area contributed by atoms with E-state index >= 15 is 0 Å². The minimum absolute atomic E-state index is 0.107. The first kappa shape index (κ1) is 28.2. The maximum atomic E-state index is 11.8. The second kappa shape index (κ2) is 15.9. The standard InChI is InChI=1S/C24H38O8/c1-7-11-27-16-19-20(28-12-8-2)21(29-13-9-3)22(30-14-10-4)24(32-19)31-18(23(25)26)15-17(5)6/h7-10,17-22,24H,1-4,11-16H2,5-6H3,(H,25,26)/t18-,19+,20+,21-,22?,24?/m0/s1. The molecule has 0 aromatic rings. The van der Waals surface area contributed by atoms with Gasteiger partial charge in [0.05, 0.1) is 33.0 Å². The van der Waals surface area contributed by atoms with Gasteiger partial charge in [0.1, 0.15) is 24.4 Å². The molecular weight excluding hydrogens is 416 g/mol. The fourth-order valence-corrected chi connectivity index (χ4v) is 3.30. The van der Waals surface area contributed by atoms with Gasteiger partial charge in [0.15, 0.2) is 12.4 Å². The summed E-state index contributed by atoms with van der Waals surface area (Å²) < 4.78 is 35.6. The maximum absolute atomic E-state index is 11.8. The molecule has 1 aliphatic heterocycles. The Morgan fingerprint density at radius 2 is 1.44 bits per heavy atom. The van der Waals surface area contributed by atoms with Gasteiger partial charge in [-0.25, -0.2) is 4.79 Å². The summed E-state index contributed by atoms with van der Waals surface area (Å²) in [5, 5.41) is 9.68. The van der Waals surface area contributed by atoms with Crippen LogP contribution in [0.1, 0.15) is 20.3 Å². The quantitative estimate of drug-likeness (QED) is 0.249. The lowest BCUT2D eigenvalue weighted by atomic mass is 9.97. The van der Waals surface area contributed by atoms with E-state index in [9.17, 15) is 9.90 Å². The van der Waals surface area contributed by atoms with Crippen molar-refractivity contribution < 1.29 is 38.3 Å². The van der Waals surface area contributed by atoms with Crippen LogP contribution < -0.4 is 0 Å². The molecule has 1 aliphatic rings. The Kier molecular flexibility index (Phi) is 14.0. The fraction of sp³-hybridized carbons (Fsp3) is 0.625. The predicted molar refractivity (Wildman–Crippen MR) is 121 cm³/mol. The van der Waals surface area contributed by atoms with Gasteiger partial charge in [-0.05, 0) is 12.3 Å². The number of carboxylic acid groups (broad SMARTS) is 1. The highest BCUT2D eigenvalue weighted by atomic mass is 16.7. The first-order valence-electron chi connectivity index (χ1n) is 10.8. The van der Waals surface area contributed by atoms with Crippen LogP contribution in [0.25, 0.3) is 0 Å². The Morgan fingerprint density at radius 1 is 0.906 bits per heavy atom. The van der Waals surface area contributed by atoms with Gasteiger partial charge in [-0.2, -0.15) is 0 Å². The molecule has 8 nitrogen and oxygen atoms in total. The smallest absolute Gasteiger partial charge is 0.332 e. The predicted octanol–water partition coefficient (Wildman–Crippen LogP) is 3.14. The Hall–Kier alpha value is -1.81. The average molecular weight is 455 g/mol. The molecule has 1 heterocycles. The van der Waals surface area contributed by atoms with Crippen molar-refractivity contribution in [3.05, 3.63) is 50.6 Å². The van der Waals surface area contributed by atoms with E-state index in [0.717, 1.165) is 0 Å². The van der Waals surface area contributed by atoms with Crippen molar-refractivity contribution in [2.75, 3.05) is 33.0 Å². The second-order valence-electron chi connectivity index (χ2n) is 7.72. The summed E-state index contributed by atoms with van der Waals surface area (Å²) in [6, 6.07) is 0. The normalized spacial score (nSPS) is 26.4. The molecule has 0 aliphatic carbocycles. The molecule has 0 radical (unpaired) electrons. The van der Waals surface area contributed by atoms with E-state index in [1.165, 1.54) is 0 Å². The largest absolute Gasteiger partial charge is 0.479 e. The summed E-state index contributed by atoms with van der Waals surface area (Å²) >= 11 is 0. The van der Waals surface area contributed by atoms with Crippen LogP contribution in [-0.4, -0.2) is 80.9 Å². The molecule has 1 rings (SSSR count). The summed E-state index contributed by atoms with van der Waals surface area (Å²) in [5.74, 6) is -0.965. The van der Waals surface area contributed by atoms with Crippen LogP contribution in [0.5, 0.6) is 0 Å². The molecule has 0 amide bonds. The Balaban J connectivity index is 3.26. The van der Waals surface area contributed by atoms with Gasteiger partial charge in [-0.3, -0.25) is 0 Å². The lowest BCUT2D eigenvalue weighted by Crippen LogP contribution is -2.62. The van der Waals surface area contributed by atoms with Crippen molar-refractivity contribution in [2.45, 2.75) is 57.1 Å². The molecule has 8 heteroatoms. The number of carboxylic acids is 1. The van der Waals surface area contributed by atoms with Crippen LogP contribution in [0.15, 0.2) is 50.6 Å². The van der Waals surface area contributed by atoms with Gasteiger partial charge in [0.25, 0.3) is 0 Å². The molecule has 1 saturated heterocycles. The van der Waals surface area contributed by atoms with Crippen molar-refractivity contribution >= 4 is 5.97 Å². The molecule has 1 N–H and O–H groups in total. The zero-order valence-corrected chi connectivity index (χ0v) is 19.2. The van der Waals surface area contributed by atoms with Gasteiger partial charge >= 0.3 is 5.97 Å². The van der Waals surface area contributed by atoms with Gasteiger partial charge in [-0.1, -0.05) is 38.2 Å². The molecule has 0 spiro atoms. The van der Waals surface area contributed by atoms with Gasteiger partial charge < -0.3 is 33.5 Å². The van der Waals surface area contributed by atoms with Crippen molar-refractivity contribution in [1.29, 1.82) is 0 Å². The van der Waals surface area contributed by atoms with Crippen molar-refractivity contribution in [3.8, 4) is 0 Å². The second-order valence-corrected chi connectivity index (χ2v) is 7.72. The Morgan fingerprint density at radius 3 is 1.94 bits per heavy atom. The van der Waals surface area contributed by atoms with Gasteiger partial charge in [0.2, 0.25) is 0 Å². The first-order valence-corrected chi connectivity index (χ1v) is 10.8. The van der Waals surface area contributed by atoms with E-state index in [1.54, 1.807) is 24.3 Å².